The molecule has 0 spiro atoms. The SMILES string of the molecule is CC1=C(C(=O)Nc2cccnc2)[C@H](c2ccc(O)cc2)n2nc(-c3ccccc3)nc2N1. The van der Waals surface area contributed by atoms with Gasteiger partial charge >= 0.3 is 0 Å². The third-order valence-corrected chi connectivity index (χ3v) is 5.26. The molecule has 0 saturated heterocycles. The Morgan fingerprint density at radius 2 is 1.84 bits per heavy atom. The van der Waals surface area contributed by atoms with E-state index in [9.17, 15) is 9.90 Å². The number of carbonyl (C=O) groups excluding carboxylic acids is 1. The topological polar surface area (TPSA) is 105 Å². The monoisotopic (exact) mass is 424 g/mol. The van der Waals surface area contributed by atoms with E-state index < -0.39 is 6.04 Å². The molecule has 2 aromatic carbocycles. The molecular formula is C24H20N6O2. The quantitative estimate of drug-likeness (QED) is 0.458. The number of rotatable bonds is 4. The Morgan fingerprint density at radius 1 is 1.06 bits per heavy atom. The molecule has 0 fully saturated rings. The predicted molar refractivity (Wildman–Crippen MR) is 121 cm³/mol. The van der Waals surface area contributed by atoms with E-state index in [0.717, 1.165) is 11.1 Å². The lowest BCUT2D eigenvalue weighted by Crippen LogP contribution is -2.31. The molecule has 5 rings (SSSR count). The van der Waals surface area contributed by atoms with Crippen molar-refractivity contribution in [1.29, 1.82) is 0 Å². The van der Waals surface area contributed by atoms with Crippen LogP contribution in [0.5, 0.6) is 5.75 Å². The first-order valence-corrected chi connectivity index (χ1v) is 10.1. The van der Waals surface area contributed by atoms with Crippen LogP contribution in [-0.2, 0) is 4.79 Å². The highest BCUT2D eigenvalue weighted by atomic mass is 16.3. The summed E-state index contributed by atoms with van der Waals surface area (Å²) in [4.78, 5) is 22.1. The summed E-state index contributed by atoms with van der Waals surface area (Å²) < 4.78 is 1.71. The number of nitrogens with one attached hydrogen (secondary N) is 2. The third-order valence-electron chi connectivity index (χ3n) is 5.26. The van der Waals surface area contributed by atoms with Crippen molar-refractivity contribution in [2.45, 2.75) is 13.0 Å². The second-order valence-corrected chi connectivity index (χ2v) is 7.42. The number of aromatic nitrogens is 4. The Hall–Kier alpha value is -4.46. The molecule has 3 heterocycles. The van der Waals surface area contributed by atoms with E-state index >= 15 is 0 Å². The number of carbonyl (C=O) groups is 1. The summed E-state index contributed by atoms with van der Waals surface area (Å²) in [5.74, 6) is 0.966. The molecule has 158 valence electrons. The van der Waals surface area contributed by atoms with E-state index in [1.165, 1.54) is 0 Å². The Balaban J connectivity index is 1.60. The molecule has 1 amide bonds. The van der Waals surface area contributed by atoms with Crippen molar-refractivity contribution >= 4 is 17.5 Å². The molecule has 0 unspecified atom stereocenters. The zero-order chi connectivity index (χ0) is 22.1. The lowest BCUT2D eigenvalue weighted by molar-refractivity contribution is -0.113. The lowest BCUT2D eigenvalue weighted by atomic mass is 9.95. The van der Waals surface area contributed by atoms with Crippen LogP contribution in [-0.4, -0.2) is 30.8 Å². The number of pyridine rings is 1. The minimum absolute atomic E-state index is 0.147. The molecule has 0 aliphatic carbocycles. The summed E-state index contributed by atoms with van der Waals surface area (Å²) in [6, 6.07) is 19.4. The molecule has 1 aliphatic heterocycles. The van der Waals surface area contributed by atoms with E-state index in [1.54, 1.807) is 53.5 Å². The second kappa shape index (κ2) is 7.99. The standard InChI is InChI=1S/C24H20N6O2/c1-15-20(23(32)27-18-8-5-13-25-14-18)21(16-9-11-19(31)12-10-16)30-24(26-15)28-22(29-30)17-6-3-2-4-7-17/h2-14,21,31H,1H3,(H,27,32)(H,26,28,29)/t21-/m0/s1. The Bertz CT molecular complexity index is 1300. The molecular weight excluding hydrogens is 404 g/mol. The number of fused-ring (bicyclic) bond motifs is 1. The van der Waals surface area contributed by atoms with Crippen molar-refractivity contribution in [2.75, 3.05) is 10.6 Å². The van der Waals surface area contributed by atoms with Crippen LogP contribution in [0.15, 0.2) is 90.4 Å². The number of phenols is 1. The van der Waals surface area contributed by atoms with Gasteiger partial charge in [0.25, 0.3) is 5.91 Å². The summed E-state index contributed by atoms with van der Waals surface area (Å²) in [5.41, 5.74) is 3.43. The number of anilines is 2. The fourth-order valence-electron chi connectivity index (χ4n) is 3.75. The number of hydrogen-bond acceptors (Lipinski definition) is 6. The Kier molecular flexibility index (Phi) is 4.87. The molecule has 4 aromatic rings. The van der Waals surface area contributed by atoms with E-state index in [1.807, 2.05) is 37.3 Å². The summed E-state index contributed by atoms with van der Waals surface area (Å²) >= 11 is 0. The Labute approximate surface area is 184 Å². The number of hydrogen-bond donors (Lipinski definition) is 3. The average Bonchev–Trinajstić information content (AvgIpc) is 3.23. The first kappa shape index (κ1) is 19.5. The minimum Gasteiger partial charge on any atom is -0.508 e. The smallest absolute Gasteiger partial charge is 0.255 e. The number of allylic oxidation sites excluding steroid dienone is 1. The normalized spacial score (nSPS) is 15.1. The Morgan fingerprint density at radius 3 is 2.56 bits per heavy atom. The highest BCUT2D eigenvalue weighted by Gasteiger charge is 2.34. The maximum absolute atomic E-state index is 13.4. The van der Waals surface area contributed by atoms with Crippen LogP contribution in [0.4, 0.5) is 11.6 Å². The number of phenolic OH excluding ortho intramolecular Hbond substituents is 1. The first-order valence-electron chi connectivity index (χ1n) is 10.1. The van der Waals surface area contributed by atoms with Gasteiger partial charge in [0.2, 0.25) is 5.95 Å². The molecule has 32 heavy (non-hydrogen) atoms. The minimum atomic E-state index is -0.534. The molecule has 8 nitrogen and oxygen atoms in total. The largest absolute Gasteiger partial charge is 0.508 e. The maximum Gasteiger partial charge on any atom is 0.255 e. The van der Waals surface area contributed by atoms with Gasteiger partial charge in [0.15, 0.2) is 5.82 Å². The van der Waals surface area contributed by atoms with Crippen molar-refractivity contribution in [3.8, 4) is 17.1 Å². The molecule has 8 heteroatoms. The second-order valence-electron chi connectivity index (χ2n) is 7.42. The molecule has 0 saturated carbocycles. The van der Waals surface area contributed by atoms with Crippen LogP contribution in [0.25, 0.3) is 11.4 Å². The van der Waals surface area contributed by atoms with Crippen LogP contribution in [0.2, 0.25) is 0 Å². The van der Waals surface area contributed by atoms with E-state index in [4.69, 9.17) is 5.10 Å². The van der Waals surface area contributed by atoms with Gasteiger partial charge in [0.05, 0.1) is 17.5 Å². The zero-order valence-electron chi connectivity index (χ0n) is 17.2. The van der Waals surface area contributed by atoms with Gasteiger partial charge < -0.3 is 15.7 Å². The zero-order valence-corrected chi connectivity index (χ0v) is 17.2. The number of nitrogens with zero attached hydrogens (tertiary/aromatic N) is 4. The van der Waals surface area contributed by atoms with Crippen molar-refractivity contribution in [1.82, 2.24) is 19.7 Å². The summed E-state index contributed by atoms with van der Waals surface area (Å²) in [6.45, 7) is 1.84. The highest BCUT2D eigenvalue weighted by molar-refractivity contribution is 6.05. The van der Waals surface area contributed by atoms with Crippen LogP contribution < -0.4 is 10.6 Å². The van der Waals surface area contributed by atoms with Crippen molar-refractivity contribution in [3.63, 3.8) is 0 Å². The van der Waals surface area contributed by atoms with Gasteiger partial charge in [-0.2, -0.15) is 4.98 Å². The van der Waals surface area contributed by atoms with Gasteiger partial charge in [-0.05, 0) is 36.8 Å². The van der Waals surface area contributed by atoms with Gasteiger partial charge in [-0.15, -0.1) is 5.10 Å². The number of benzene rings is 2. The van der Waals surface area contributed by atoms with Crippen LogP contribution in [0.3, 0.4) is 0 Å². The molecule has 1 atom stereocenters. The lowest BCUT2D eigenvalue weighted by Gasteiger charge is -2.28. The van der Waals surface area contributed by atoms with Gasteiger partial charge in [-0.25, -0.2) is 4.68 Å². The van der Waals surface area contributed by atoms with Crippen LogP contribution in [0, 0.1) is 0 Å². The van der Waals surface area contributed by atoms with Crippen molar-refractivity contribution < 1.29 is 9.90 Å². The van der Waals surface area contributed by atoms with Crippen LogP contribution >= 0.6 is 0 Å². The third kappa shape index (κ3) is 3.58. The van der Waals surface area contributed by atoms with Gasteiger partial charge in [-0.3, -0.25) is 9.78 Å². The van der Waals surface area contributed by atoms with E-state index in [2.05, 4.69) is 20.6 Å². The predicted octanol–water partition coefficient (Wildman–Crippen LogP) is 3.97. The number of amides is 1. The van der Waals surface area contributed by atoms with Crippen molar-refractivity contribution in [2.24, 2.45) is 0 Å². The fourth-order valence-corrected chi connectivity index (χ4v) is 3.75. The maximum atomic E-state index is 13.4. The summed E-state index contributed by atoms with van der Waals surface area (Å²) in [7, 11) is 0. The first-order chi connectivity index (χ1) is 15.6. The van der Waals surface area contributed by atoms with E-state index in [0.29, 0.717) is 28.7 Å². The highest BCUT2D eigenvalue weighted by Crippen LogP contribution is 2.37. The van der Waals surface area contributed by atoms with Gasteiger partial charge in [0, 0.05) is 17.5 Å². The average molecular weight is 424 g/mol. The molecule has 3 N–H and O–H groups in total. The molecule has 0 radical (unpaired) electrons. The van der Waals surface area contributed by atoms with Crippen LogP contribution in [0.1, 0.15) is 18.5 Å². The molecule has 1 aliphatic rings. The van der Waals surface area contributed by atoms with Gasteiger partial charge in [-0.1, -0.05) is 42.5 Å². The van der Waals surface area contributed by atoms with Crippen molar-refractivity contribution in [3.05, 3.63) is 96.0 Å². The summed E-state index contributed by atoms with van der Waals surface area (Å²) in [5, 5.41) is 20.6. The number of aromatic hydroxyl groups is 1. The molecule has 0 bridgehead atoms. The molecule has 2 aromatic heterocycles. The van der Waals surface area contributed by atoms with E-state index in [-0.39, 0.29) is 11.7 Å². The van der Waals surface area contributed by atoms with Gasteiger partial charge in [0.1, 0.15) is 11.8 Å². The summed E-state index contributed by atoms with van der Waals surface area (Å²) in [6.07, 6.45) is 3.24. The fraction of sp³-hybridized carbons (Fsp3) is 0.0833.